The first-order chi connectivity index (χ1) is 7.69. The zero-order chi connectivity index (χ0) is 12.0. The van der Waals surface area contributed by atoms with Gasteiger partial charge in [-0.15, -0.1) is 6.58 Å². The van der Waals surface area contributed by atoms with Crippen LogP contribution in [0.25, 0.3) is 0 Å². The molecule has 0 aliphatic carbocycles. The summed E-state index contributed by atoms with van der Waals surface area (Å²) < 4.78 is 0. The average molecular weight is 217 g/mol. The molecular weight excluding hydrogens is 206 g/mol. The van der Waals surface area contributed by atoms with E-state index in [2.05, 4.69) is 11.9 Å². The Labute approximate surface area is 93.2 Å². The van der Waals surface area contributed by atoms with Gasteiger partial charge < -0.3 is 5.32 Å². The van der Waals surface area contributed by atoms with Gasteiger partial charge in [0.05, 0.1) is 16.2 Å². The van der Waals surface area contributed by atoms with E-state index >= 15 is 0 Å². The summed E-state index contributed by atoms with van der Waals surface area (Å²) in [4.78, 5) is 9.98. The van der Waals surface area contributed by atoms with Crippen molar-refractivity contribution in [1.82, 2.24) is 0 Å². The van der Waals surface area contributed by atoms with Gasteiger partial charge in [0, 0.05) is 18.7 Å². The first kappa shape index (κ1) is 11.7. The average Bonchev–Trinajstić information content (AvgIpc) is 2.29. The molecule has 5 heteroatoms. The van der Waals surface area contributed by atoms with Crippen LogP contribution in [0.4, 0.5) is 11.4 Å². The molecule has 5 nitrogen and oxygen atoms in total. The Morgan fingerprint density at radius 3 is 2.94 bits per heavy atom. The minimum atomic E-state index is -0.519. The van der Waals surface area contributed by atoms with Gasteiger partial charge in [-0.3, -0.25) is 10.1 Å². The fraction of sp³-hybridized carbons (Fsp3) is 0.182. The van der Waals surface area contributed by atoms with Crippen LogP contribution in [-0.2, 0) is 0 Å². The van der Waals surface area contributed by atoms with Crippen molar-refractivity contribution in [3.63, 3.8) is 0 Å². The van der Waals surface area contributed by atoms with Crippen molar-refractivity contribution >= 4 is 11.4 Å². The molecule has 0 aliphatic rings. The summed E-state index contributed by atoms with van der Waals surface area (Å²) in [6, 6.07) is 6.10. The number of benzene rings is 1. The zero-order valence-electron chi connectivity index (χ0n) is 8.64. The Bertz CT molecular complexity index is 449. The molecule has 1 N–H and O–H groups in total. The SMILES string of the molecule is C=CCCNc1ccc([N+](=O)[O-])cc1C#N. The van der Waals surface area contributed by atoms with Crippen molar-refractivity contribution in [2.75, 3.05) is 11.9 Å². The Morgan fingerprint density at radius 1 is 1.62 bits per heavy atom. The predicted molar refractivity (Wildman–Crippen MR) is 61.1 cm³/mol. The van der Waals surface area contributed by atoms with E-state index in [1.54, 1.807) is 12.1 Å². The molecule has 1 aromatic rings. The van der Waals surface area contributed by atoms with Crippen molar-refractivity contribution in [2.24, 2.45) is 0 Å². The fourth-order valence-corrected chi connectivity index (χ4v) is 1.20. The Balaban J connectivity index is 2.90. The van der Waals surface area contributed by atoms with Crippen LogP contribution in [0.15, 0.2) is 30.9 Å². The van der Waals surface area contributed by atoms with E-state index in [0.717, 1.165) is 6.42 Å². The fourth-order valence-electron chi connectivity index (χ4n) is 1.20. The molecule has 0 amide bonds. The quantitative estimate of drug-likeness (QED) is 0.355. The topological polar surface area (TPSA) is 79.0 Å². The van der Waals surface area contributed by atoms with E-state index in [9.17, 15) is 10.1 Å². The second-order valence-corrected chi connectivity index (χ2v) is 3.10. The standard InChI is InChI=1S/C11H11N3O2/c1-2-3-6-13-11-5-4-10(14(15)16)7-9(11)8-12/h2,4-5,7,13H,1,3,6H2. The van der Waals surface area contributed by atoms with Crippen LogP contribution < -0.4 is 5.32 Å². The van der Waals surface area contributed by atoms with Crippen molar-refractivity contribution in [1.29, 1.82) is 5.26 Å². The molecule has 0 heterocycles. The van der Waals surface area contributed by atoms with Crippen LogP contribution in [0.1, 0.15) is 12.0 Å². The number of nitrogens with one attached hydrogen (secondary N) is 1. The van der Waals surface area contributed by atoms with Crippen molar-refractivity contribution in [2.45, 2.75) is 6.42 Å². The molecule has 0 unspecified atom stereocenters. The molecule has 0 radical (unpaired) electrons. The number of rotatable bonds is 5. The molecule has 1 rings (SSSR count). The van der Waals surface area contributed by atoms with Crippen LogP contribution in [-0.4, -0.2) is 11.5 Å². The summed E-state index contributed by atoms with van der Waals surface area (Å²) in [6.45, 7) is 4.23. The van der Waals surface area contributed by atoms with Crippen molar-refractivity contribution in [3.8, 4) is 6.07 Å². The molecule has 0 aliphatic heterocycles. The lowest BCUT2D eigenvalue weighted by Crippen LogP contribution is -2.02. The highest BCUT2D eigenvalue weighted by molar-refractivity contribution is 5.61. The number of hydrogen-bond acceptors (Lipinski definition) is 4. The molecule has 16 heavy (non-hydrogen) atoms. The van der Waals surface area contributed by atoms with E-state index in [0.29, 0.717) is 12.2 Å². The van der Waals surface area contributed by atoms with Crippen molar-refractivity contribution < 1.29 is 4.92 Å². The summed E-state index contributed by atoms with van der Waals surface area (Å²) in [5.41, 5.74) is 0.805. The third-order valence-electron chi connectivity index (χ3n) is 2.00. The summed E-state index contributed by atoms with van der Waals surface area (Å²) in [5.74, 6) is 0. The molecule has 1 aromatic carbocycles. The maximum absolute atomic E-state index is 10.5. The van der Waals surface area contributed by atoms with Crippen LogP contribution in [0, 0.1) is 21.4 Å². The number of non-ortho nitro benzene ring substituents is 1. The van der Waals surface area contributed by atoms with Gasteiger partial charge in [-0.1, -0.05) is 6.08 Å². The van der Waals surface area contributed by atoms with Gasteiger partial charge in [-0.25, -0.2) is 0 Å². The zero-order valence-corrected chi connectivity index (χ0v) is 8.64. The smallest absolute Gasteiger partial charge is 0.270 e. The molecule has 0 atom stereocenters. The molecule has 0 aromatic heterocycles. The number of anilines is 1. The Morgan fingerprint density at radius 2 is 2.38 bits per heavy atom. The summed E-state index contributed by atoms with van der Waals surface area (Å²) in [7, 11) is 0. The van der Waals surface area contributed by atoms with Gasteiger partial charge in [-0.05, 0) is 12.5 Å². The molecule has 0 saturated carbocycles. The van der Waals surface area contributed by atoms with Crippen LogP contribution in [0.3, 0.4) is 0 Å². The van der Waals surface area contributed by atoms with Gasteiger partial charge in [0.1, 0.15) is 6.07 Å². The first-order valence-corrected chi connectivity index (χ1v) is 4.72. The predicted octanol–water partition coefficient (Wildman–Crippen LogP) is 2.45. The minimum Gasteiger partial charge on any atom is -0.384 e. The van der Waals surface area contributed by atoms with Crippen LogP contribution in [0.5, 0.6) is 0 Å². The van der Waals surface area contributed by atoms with Crippen molar-refractivity contribution in [3.05, 3.63) is 46.5 Å². The third kappa shape index (κ3) is 2.82. The molecule has 0 spiro atoms. The second kappa shape index (κ2) is 5.51. The Kier molecular flexibility index (Phi) is 4.04. The van der Waals surface area contributed by atoms with E-state index in [4.69, 9.17) is 5.26 Å². The molecular formula is C11H11N3O2. The van der Waals surface area contributed by atoms with Gasteiger partial charge in [0.2, 0.25) is 0 Å². The number of nitro benzene ring substituents is 1. The summed E-state index contributed by atoms with van der Waals surface area (Å²) >= 11 is 0. The maximum atomic E-state index is 10.5. The highest BCUT2D eigenvalue weighted by atomic mass is 16.6. The first-order valence-electron chi connectivity index (χ1n) is 4.72. The molecule has 82 valence electrons. The highest BCUT2D eigenvalue weighted by Gasteiger charge is 2.09. The van der Waals surface area contributed by atoms with Gasteiger partial charge in [0.15, 0.2) is 0 Å². The minimum absolute atomic E-state index is 0.0779. The lowest BCUT2D eigenvalue weighted by Gasteiger charge is -2.06. The molecule has 0 saturated heterocycles. The molecule has 0 fully saturated rings. The highest BCUT2D eigenvalue weighted by Crippen LogP contribution is 2.21. The number of hydrogen-bond donors (Lipinski definition) is 1. The van der Waals surface area contributed by atoms with E-state index < -0.39 is 4.92 Å². The monoisotopic (exact) mass is 217 g/mol. The number of nitro groups is 1. The number of nitrogens with zero attached hydrogens (tertiary/aromatic N) is 2. The lowest BCUT2D eigenvalue weighted by atomic mass is 10.1. The van der Waals surface area contributed by atoms with Gasteiger partial charge >= 0.3 is 0 Å². The van der Waals surface area contributed by atoms with E-state index in [1.165, 1.54) is 12.1 Å². The molecule has 0 bridgehead atoms. The van der Waals surface area contributed by atoms with Crippen LogP contribution >= 0.6 is 0 Å². The maximum Gasteiger partial charge on any atom is 0.270 e. The third-order valence-corrected chi connectivity index (χ3v) is 2.00. The largest absolute Gasteiger partial charge is 0.384 e. The van der Waals surface area contributed by atoms with Gasteiger partial charge in [-0.2, -0.15) is 5.26 Å². The lowest BCUT2D eigenvalue weighted by molar-refractivity contribution is -0.384. The number of nitriles is 1. The van der Waals surface area contributed by atoms with Gasteiger partial charge in [0.25, 0.3) is 5.69 Å². The van der Waals surface area contributed by atoms with Crippen LogP contribution in [0.2, 0.25) is 0 Å². The summed E-state index contributed by atoms with van der Waals surface area (Å²) in [6.07, 6.45) is 2.52. The van der Waals surface area contributed by atoms with E-state index in [1.807, 2.05) is 6.07 Å². The second-order valence-electron chi connectivity index (χ2n) is 3.10. The van der Waals surface area contributed by atoms with E-state index in [-0.39, 0.29) is 11.3 Å². The Hall–Kier alpha value is -2.35. The normalized spacial score (nSPS) is 9.19. The summed E-state index contributed by atoms with van der Waals surface area (Å²) in [5, 5.41) is 22.4.